The fourth-order valence-electron chi connectivity index (χ4n) is 1.96. The molecule has 20 heavy (non-hydrogen) atoms. The molecule has 0 aromatic carbocycles. The molecular formula is C13H22N2O4S. The van der Waals surface area contributed by atoms with Crippen LogP contribution in [-0.4, -0.2) is 40.6 Å². The molecule has 0 heterocycles. The van der Waals surface area contributed by atoms with Crippen LogP contribution in [0.5, 0.6) is 0 Å². The fourth-order valence-corrected chi connectivity index (χ4v) is 2.87. The van der Waals surface area contributed by atoms with Gasteiger partial charge in [-0.3, -0.25) is 14.9 Å². The first-order valence-corrected chi connectivity index (χ1v) is 7.79. The Morgan fingerprint density at radius 2 is 1.90 bits per heavy atom. The first-order chi connectivity index (χ1) is 9.21. The summed E-state index contributed by atoms with van der Waals surface area (Å²) in [6, 6.07) is -0.559. The van der Waals surface area contributed by atoms with E-state index in [1.807, 2.05) is 6.26 Å². The fraction of sp³-hybridized carbons (Fsp3) is 0.769. The van der Waals surface area contributed by atoms with Gasteiger partial charge in [-0.05, 0) is 32.9 Å². The first kappa shape index (κ1) is 16.8. The van der Waals surface area contributed by atoms with E-state index in [4.69, 9.17) is 5.11 Å². The molecule has 0 aliphatic heterocycles. The van der Waals surface area contributed by atoms with Gasteiger partial charge in [-0.25, -0.2) is 4.79 Å². The summed E-state index contributed by atoms with van der Waals surface area (Å²) in [5, 5.41) is 13.8. The van der Waals surface area contributed by atoms with Crippen LogP contribution in [0.15, 0.2) is 0 Å². The lowest BCUT2D eigenvalue weighted by Crippen LogP contribution is -2.49. The van der Waals surface area contributed by atoms with E-state index in [0.29, 0.717) is 6.54 Å². The quantitative estimate of drug-likeness (QED) is 0.692. The Labute approximate surface area is 123 Å². The van der Waals surface area contributed by atoms with E-state index in [1.54, 1.807) is 11.8 Å². The van der Waals surface area contributed by atoms with Gasteiger partial charge >= 0.3 is 12.0 Å². The number of rotatable bonds is 6. The highest BCUT2D eigenvalue weighted by molar-refractivity contribution is 8.00. The van der Waals surface area contributed by atoms with Crippen LogP contribution >= 0.6 is 11.8 Å². The molecule has 1 rings (SSSR count). The molecule has 0 aromatic rings. The number of carbonyl (C=O) groups excluding carboxylic acids is 2. The molecule has 6 nitrogen and oxygen atoms in total. The molecule has 7 heteroatoms. The van der Waals surface area contributed by atoms with Gasteiger partial charge in [0.15, 0.2) is 0 Å². The highest BCUT2D eigenvalue weighted by Crippen LogP contribution is 2.42. The first-order valence-electron chi connectivity index (χ1n) is 6.57. The van der Waals surface area contributed by atoms with Gasteiger partial charge in [-0.2, -0.15) is 11.8 Å². The number of nitrogens with one attached hydrogen (secondary N) is 2. The number of amides is 3. The maximum absolute atomic E-state index is 11.6. The Bertz CT molecular complexity index is 400. The third kappa shape index (κ3) is 4.40. The van der Waals surface area contributed by atoms with Crippen LogP contribution in [0.2, 0.25) is 0 Å². The number of carboxylic acids is 1. The molecule has 0 atom stereocenters. The van der Waals surface area contributed by atoms with E-state index < -0.39 is 23.3 Å². The topological polar surface area (TPSA) is 95.5 Å². The highest BCUT2D eigenvalue weighted by Gasteiger charge is 2.36. The van der Waals surface area contributed by atoms with Gasteiger partial charge in [0.05, 0.1) is 5.41 Å². The highest BCUT2D eigenvalue weighted by atomic mass is 32.2. The predicted molar refractivity (Wildman–Crippen MR) is 77.7 cm³/mol. The van der Waals surface area contributed by atoms with Crippen molar-refractivity contribution in [1.29, 1.82) is 0 Å². The lowest BCUT2D eigenvalue weighted by Gasteiger charge is -2.40. The van der Waals surface area contributed by atoms with Crippen molar-refractivity contribution in [3.63, 3.8) is 0 Å². The van der Waals surface area contributed by atoms with Gasteiger partial charge in [-0.15, -0.1) is 0 Å². The Morgan fingerprint density at radius 3 is 2.30 bits per heavy atom. The lowest BCUT2D eigenvalue weighted by atomic mass is 9.84. The zero-order valence-corrected chi connectivity index (χ0v) is 12.9. The van der Waals surface area contributed by atoms with Crippen LogP contribution in [-0.2, 0) is 9.59 Å². The second-order valence-electron chi connectivity index (χ2n) is 5.84. The van der Waals surface area contributed by atoms with Crippen LogP contribution in [0.25, 0.3) is 0 Å². The van der Waals surface area contributed by atoms with Crippen molar-refractivity contribution in [3.8, 4) is 0 Å². The zero-order valence-electron chi connectivity index (χ0n) is 12.1. The number of thioether (sulfide) groups is 1. The van der Waals surface area contributed by atoms with Gasteiger partial charge in [0.1, 0.15) is 0 Å². The second kappa shape index (κ2) is 6.47. The van der Waals surface area contributed by atoms with Crippen LogP contribution in [0.1, 0.15) is 39.5 Å². The minimum absolute atomic E-state index is 0.0979. The maximum atomic E-state index is 11.6. The summed E-state index contributed by atoms with van der Waals surface area (Å²) in [5.41, 5.74) is -1.18. The molecule has 3 N–H and O–H groups in total. The summed E-state index contributed by atoms with van der Waals surface area (Å²) in [6.45, 7) is 3.42. The van der Waals surface area contributed by atoms with Crippen LogP contribution in [0, 0.1) is 5.41 Å². The smallest absolute Gasteiger partial charge is 0.321 e. The number of urea groups is 1. The molecular weight excluding hydrogens is 280 g/mol. The number of carbonyl (C=O) groups is 3. The van der Waals surface area contributed by atoms with Gasteiger partial charge < -0.3 is 10.4 Å². The number of imide groups is 1. The van der Waals surface area contributed by atoms with E-state index in [-0.39, 0.29) is 11.2 Å². The van der Waals surface area contributed by atoms with E-state index in [1.165, 1.54) is 13.8 Å². The molecule has 1 aliphatic rings. The van der Waals surface area contributed by atoms with E-state index in [0.717, 1.165) is 19.3 Å². The van der Waals surface area contributed by atoms with Gasteiger partial charge in [0.25, 0.3) is 0 Å². The molecule has 0 spiro atoms. The molecule has 0 bridgehead atoms. The summed E-state index contributed by atoms with van der Waals surface area (Å²) < 4.78 is 0.0979. The Hall–Kier alpha value is -1.24. The minimum Gasteiger partial charge on any atom is -0.481 e. The Kier molecular flexibility index (Phi) is 5.44. The third-order valence-corrected chi connectivity index (χ3v) is 5.12. The van der Waals surface area contributed by atoms with E-state index >= 15 is 0 Å². The zero-order chi connectivity index (χ0) is 15.4. The van der Waals surface area contributed by atoms with Crippen molar-refractivity contribution in [3.05, 3.63) is 0 Å². The standard InChI is InChI=1S/C13H22N2O4S/c1-12(2,10(17)18)7-9(16)15-11(19)14-8-13(20-3)5-4-6-13/h4-8H2,1-3H3,(H,17,18)(H2,14,15,16,19). The molecule has 0 saturated heterocycles. The normalized spacial score (nSPS) is 16.9. The lowest BCUT2D eigenvalue weighted by molar-refractivity contribution is -0.149. The number of hydrogen-bond donors (Lipinski definition) is 3. The van der Waals surface area contributed by atoms with Crippen molar-refractivity contribution < 1.29 is 19.5 Å². The minimum atomic E-state index is -1.18. The second-order valence-corrected chi connectivity index (χ2v) is 7.11. The predicted octanol–water partition coefficient (Wildman–Crippen LogP) is 1.60. The molecule has 3 amide bonds. The van der Waals surface area contributed by atoms with Crippen LogP contribution < -0.4 is 10.6 Å². The summed E-state index contributed by atoms with van der Waals surface area (Å²) in [7, 11) is 0. The SMILES string of the molecule is CSC1(CNC(=O)NC(=O)CC(C)(C)C(=O)O)CCC1. The van der Waals surface area contributed by atoms with E-state index in [9.17, 15) is 14.4 Å². The molecule has 0 aromatic heterocycles. The summed E-state index contributed by atoms with van der Waals surface area (Å²) in [4.78, 5) is 34.1. The number of hydrogen-bond acceptors (Lipinski definition) is 4. The van der Waals surface area contributed by atoms with Crippen molar-refractivity contribution in [2.75, 3.05) is 12.8 Å². The van der Waals surface area contributed by atoms with Gasteiger partial charge in [0.2, 0.25) is 5.91 Å². The third-order valence-electron chi connectivity index (χ3n) is 3.70. The molecule has 0 unspecified atom stereocenters. The molecule has 1 fully saturated rings. The van der Waals surface area contributed by atoms with Crippen molar-refractivity contribution in [2.24, 2.45) is 5.41 Å². The summed E-state index contributed by atoms with van der Waals surface area (Å²) in [5.74, 6) is -1.65. The Balaban J connectivity index is 2.35. The maximum Gasteiger partial charge on any atom is 0.321 e. The van der Waals surface area contributed by atoms with Crippen LogP contribution in [0.3, 0.4) is 0 Å². The van der Waals surface area contributed by atoms with E-state index in [2.05, 4.69) is 10.6 Å². The largest absolute Gasteiger partial charge is 0.481 e. The average Bonchev–Trinajstić information content (AvgIpc) is 2.26. The van der Waals surface area contributed by atoms with Crippen molar-refractivity contribution in [1.82, 2.24) is 10.6 Å². The molecule has 114 valence electrons. The van der Waals surface area contributed by atoms with Crippen LogP contribution in [0.4, 0.5) is 4.79 Å². The van der Waals surface area contributed by atoms with Gasteiger partial charge in [0, 0.05) is 17.7 Å². The molecule has 1 saturated carbocycles. The van der Waals surface area contributed by atoms with Crippen molar-refractivity contribution in [2.45, 2.75) is 44.3 Å². The monoisotopic (exact) mass is 302 g/mol. The molecule has 0 radical (unpaired) electrons. The molecule has 1 aliphatic carbocycles. The average molecular weight is 302 g/mol. The number of carboxylic acid groups (broad SMARTS) is 1. The van der Waals surface area contributed by atoms with Crippen molar-refractivity contribution >= 4 is 29.7 Å². The summed E-state index contributed by atoms with van der Waals surface area (Å²) in [6.07, 6.45) is 5.07. The summed E-state index contributed by atoms with van der Waals surface area (Å²) >= 11 is 1.73. The Morgan fingerprint density at radius 1 is 1.30 bits per heavy atom. The van der Waals surface area contributed by atoms with Gasteiger partial charge in [-0.1, -0.05) is 6.42 Å². The number of aliphatic carboxylic acids is 1.